The van der Waals surface area contributed by atoms with Gasteiger partial charge in [0.25, 0.3) is 5.91 Å². The van der Waals surface area contributed by atoms with Crippen LogP contribution in [0, 0.1) is 13.8 Å². The molecule has 0 aliphatic carbocycles. The average Bonchev–Trinajstić information content (AvgIpc) is 2.49. The van der Waals surface area contributed by atoms with Gasteiger partial charge in [-0.1, -0.05) is 42.0 Å². The molecular formula is C18H19NO2S. The number of rotatable bonds is 4. The van der Waals surface area contributed by atoms with Crippen molar-refractivity contribution in [2.24, 2.45) is 0 Å². The molecule has 22 heavy (non-hydrogen) atoms. The van der Waals surface area contributed by atoms with Crippen LogP contribution in [-0.4, -0.2) is 10.1 Å². The first kappa shape index (κ1) is 16.2. The molecule has 2 aromatic carbocycles. The zero-order chi connectivity index (χ0) is 16.3. The average molecular weight is 313 g/mol. The van der Waals surface area contributed by atoms with Gasteiger partial charge < -0.3 is 0 Å². The van der Waals surface area contributed by atoms with Crippen LogP contribution in [0.3, 0.4) is 0 Å². The SMILES string of the molecule is C=C(C)C(=O)N(c1ccc(C)cc1)[S@@](=O)c1ccc(C)cc1. The zero-order valence-corrected chi connectivity index (χ0v) is 13.8. The number of carbonyl (C=O) groups excluding carboxylic acids is 1. The summed E-state index contributed by atoms with van der Waals surface area (Å²) in [7, 11) is -1.61. The molecule has 0 heterocycles. The molecule has 2 rings (SSSR count). The lowest BCUT2D eigenvalue weighted by molar-refractivity contribution is -0.113. The van der Waals surface area contributed by atoms with Crippen LogP contribution in [0.5, 0.6) is 0 Å². The molecule has 1 amide bonds. The maximum Gasteiger partial charge on any atom is 0.265 e. The Morgan fingerprint density at radius 2 is 1.41 bits per heavy atom. The molecule has 0 aliphatic heterocycles. The lowest BCUT2D eigenvalue weighted by Crippen LogP contribution is -2.33. The summed E-state index contributed by atoms with van der Waals surface area (Å²) in [6, 6.07) is 14.7. The molecule has 0 aliphatic rings. The van der Waals surface area contributed by atoms with Crippen LogP contribution in [-0.2, 0) is 15.8 Å². The number of hydrogen-bond acceptors (Lipinski definition) is 2. The monoisotopic (exact) mass is 313 g/mol. The third-order valence-electron chi connectivity index (χ3n) is 3.21. The van der Waals surface area contributed by atoms with E-state index < -0.39 is 11.0 Å². The quantitative estimate of drug-likeness (QED) is 0.802. The fourth-order valence-corrected chi connectivity index (χ4v) is 3.10. The van der Waals surface area contributed by atoms with E-state index in [4.69, 9.17) is 0 Å². The van der Waals surface area contributed by atoms with Crippen LogP contribution < -0.4 is 4.31 Å². The summed E-state index contributed by atoms with van der Waals surface area (Å²) < 4.78 is 14.1. The van der Waals surface area contributed by atoms with Gasteiger partial charge in [-0.05, 0) is 45.0 Å². The van der Waals surface area contributed by atoms with Crippen molar-refractivity contribution in [3.8, 4) is 0 Å². The molecule has 1 atom stereocenters. The fraction of sp³-hybridized carbons (Fsp3) is 0.167. The molecule has 0 unspecified atom stereocenters. The van der Waals surface area contributed by atoms with Gasteiger partial charge in [0.1, 0.15) is 0 Å². The van der Waals surface area contributed by atoms with Crippen molar-refractivity contribution in [1.82, 2.24) is 0 Å². The first-order valence-corrected chi connectivity index (χ1v) is 8.06. The number of aryl methyl sites for hydroxylation is 2. The molecular weight excluding hydrogens is 294 g/mol. The summed E-state index contributed by atoms with van der Waals surface area (Å²) >= 11 is 0. The summed E-state index contributed by atoms with van der Waals surface area (Å²) in [6.07, 6.45) is 0. The number of carbonyl (C=O) groups is 1. The van der Waals surface area contributed by atoms with Gasteiger partial charge in [-0.3, -0.25) is 4.79 Å². The van der Waals surface area contributed by atoms with Crippen LogP contribution in [0.2, 0.25) is 0 Å². The second kappa shape index (κ2) is 6.71. The van der Waals surface area contributed by atoms with E-state index in [1.807, 2.05) is 38.1 Å². The summed E-state index contributed by atoms with van der Waals surface area (Å²) in [5.41, 5.74) is 3.10. The molecule has 114 valence electrons. The molecule has 2 aromatic rings. The lowest BCUT2D eigenvalue weighted by Gasteiger charge is -2.22. The minimum atomic E-state index is -1.61. The minimum absolute atomic E-state index is 0.345. The van der Waals surface area contributed by atoms with Crippen molar-refractivity contribution in [2.75, 3.05) is 4.31 Å². The summed E-state index contributed by atoms with van der Waals surface area (Å²) in [4.78, 5) is 13.0. The van der Waals surface area contributed by atoms with Crippen molar-refractivity contribution in [1.29, 1.82) is 0 Å². The predicted octanol–water partition coefficient (Wildman–Crippen LogP) is 3.94. The van der Waals surface area contributed by atoms with Gasteiger partial charge in [-0.15, -0.1) is 0 Å². The van der Waals surface area contributed by atoms with Gasteiger partial charge in [0.15, 0.2) is 11.0 Å². The highest BCUT2D eigenvalue weighted by molar-refractivity contribution is 7.87. The molecule has 0 saturated carbocycles. The molecule has 0 spiro atoms. The Morgan fingerprint density at radius 3 is 1.86 bits per heavy atom. The Hall–Kier alpha value is -2.20. The van der Waals surface area contributed by atoms with Crippen molar-refractivity contribution >= 4 is 22.6 Å². The molecule has 0 radical (unpaired) electrons. The van der Waals surface area contributed by atoms with Crippen molar-refractivity contribution < 1.29 is 9.00 Å². The number of hydrogen-bond donors (Lipinski definition) is 0. The molecule has 0 saturated heterocycles. The Bertz CT molecular complexity index is 718. The van der Waals surface area contributed by atoms with Crippen molar-refractivity contribution in [2.45, 2.75) is 25.7 Å². The molecule has 0 aromatic heterocycles. The van der Waals surface area contributed by atoms with Gasteiger partial charge in [-0.25, -0.2) is 8.51 Å². The van der Waals surface area contributed by atoms with Crippen LogP contribution >= 0.6 is 0 Å². The van der Waals surface area contributed by atoms with E-state index in [1.165, 1.54) is 4.31 Å². The maximum absolute atomic E-state index is 12.9. The number of nitrogens with zero attached hydrogens (tertiary/aromatic N) is 1. The normalized spacial score (nSPS) is 11.8. The molecule has 0 N–H and O–H groups in total. The van der Waals surface area contributed by atoms with E-state index in [-0.39, 0.29) is 5.91 Å². The Balaban J connectivity index is 2.46. The standard InChI is InChI=1S/C18H19NO2S/c1-13(2)18(20)19(16-9-5-14(3)6-10-16)22(21)17-11-7-15(4)8-12-17/h5-12H,1H2,2-4H3/t22-/m0/s1. The van der Waals surface area contributed by atoms with E-state index in [0.717, 1.165) is 11.1 Å². The van der Waals surface area contributed by atoms with Crippen LogP contribution in [0.4, 0.5) is 5.69 Å². The first-order chi connectivity index (χ1) is 10.4. The summed E-state index contributed by atoms with van der Waals surface area (Å²) in [6.45, 7) is 9.23. The fourth-order valence-electron chi connectivity index (χ4n) is 1.90. The highest BCUT2D eigenvalue weighted by Crippen LogP contribution is 2.23. The zero-order valence-electron chi connectivity index (χ0n) is 13.0. The van der Waals surface area contributed by atoms with E-state index >= 15 is 0 Å². The van der Waals surface area contributed by atoms with Gasteiger partial charge in [0.05, 0.1) is 10.6 Å². The Morgan fingerprint density at radius 1 is 0.955 bits per heavy atom. The number of benzene rings is 2. The van der Waals surface area contributed by atoms with E-state index in [9.17, 15) is 9.00 Å². The highest BCUT2D eigenvalue weighted by atomic mass is 32.2. The van der Waals surface area contributed by atoms with E-state index in [0.29, 0.717) is 16.2 Å². The van der Waals surface area contributed by atoms with E-state index in [2.05, 4.69) is 6.58 Å². The van der Waals surface area contributed by atoms with Gasteiger partial charge >= 0.3 is 0 Å². The smallest absolute Gasteiger partial charge is 0.265 e. The van der Waals surface area contributed by atoms with Gasteiger partial charge in [-0.2, -0.15) is 0 Å². The highest BCUT2D eigenvalue weighted by Gasteiger charge is 2.24. The Labute approximate surface area is 133 Å². The van der Waals surface area contributed by atoms with E-state index in [1.54, 1.807) is 31.2 Å². The number of anilines is 1. The number of amides is 1. The van der Waals surface area contributed by atoms with Crippen molar-refractivity contribution in [3.05, 3.63) is 71.8 Å². The van der Waals surface area contributed by atoms with Gasteiger partial charge in [0.2, 0.25) is 0 Å². The first-order valence-electron chi connectivity index (χ1n) is 6.95. The van der Waals surface area contributed by atoms with Crippen LogP contribution in [0.25, 0.3) is 0 Å². The summed E-state index contributed by atoms with van der Waals surface area (Å²) in [5, 5.41) is 0. The molecule has 0 bridgehead atoms. The van der Waals surface area contributed by atoms with Gasteiger partial charge in [0, 0.05) is 5.57 Å². The second-order valence-corrected chi connectivity index (χ2v) is 6.61. The predicted molar refractivity (Wildman–Crippen MR) is 91.1 cm³/mol. The van der Waals surface area contributed by atoms with Crippen LogP contribution in [0.15, 0.2) is 65.6 Å². The maximum atomic E-state index is 12.9. The lowest BCUT2D eigenvalue weighted by atomic mass is 10.2. The topological polar surface area (TPSA) is 37.4 Å². The Kier molecular flexibility index (Phi) is 4.93. The summed E-state index contributed by atoms with van der Waals surface area (Å²) in [5.74, 6) is -0.345. The molecule has 4 heteroatoms. The molecule has 0 fully saturated rings. The third kappa shape index (κ3) is 3.52. The third-order valence-corrected chi connectivity index (χ3v) is 4.59. The second-order valence-electron chi connectivity index (χ2n) is 5.28. The minimum Gasteiger partial charge on any atom is -0.268 e. The van der Waals surface area contributed by atoms with Crippen LogP contribution in [0.1, 0.15) is 18.1 Å². The van der Waals surface area contributed by atoms with Crippen molar-refractivity contribution in [3.63, 3.8) is 0 Å². The molecule has 3 nitrogen and oxygen atoms in total. The largest absolute Gasteiger partial charge is 0.268 e.